The largest absolute Gasteiger partial charge is 0.307 e. The molecule has 1 fully saturated rings. The number of benzene rings is 2. The van der Waals surface area contributed by atoms with Crippen molar-refractivity contribution in [1.29, 1.82) is 0 Å². The van der Waals surface area contributed by atoms with Crippen molar-refractivity contribution in [3.63, 3.8) is 0 Å². The van der Waals surface area contributed by atoms with Crippen LogP contribution in [0.25, 0.3) is 10.8 Å². The van der Waals surface area contributed by atoms with Gasteiger partial charge in [-0.25, -0.2) is 0 Å². The first kappa shape index (κ1) is 14.6. The van der Waals surface area contributed by atoms with E-state index in [9.17, 15) is 0 Å². The van der Waals surface area contributed by atoms with E-state index in [0.717, 1.165) is 0 Å². The molecule has 1 aliphatic rings. The van der Waals surface area contributed by atoms with Gasteiger partial charge in [0.2, 0.25) is 0 Å². The summed E-state index contributed by atoms with van der Waals surface area (Å²) >= 11 is 0. The topological polar surface area (TPSA) is 15.3 Å². The fourth-order valence-electron chi connectivity index (χ4n) is 3.48. The summed E-state index contributed by atoms with van der Waals surface area (Å²) in [6.45, 7) is 4.75. The van der Waals surface area contributed by atoms with Gasteiger partial charge >= 0.3 is 0 Å². The third-order valence-corrected chi connectivity index (χ3v) is 4.73. The van der Waals surface area contributed by atoms with E-state index in [4.69, 9.17) is 0 Å². The average molecular weight is 282 g/mol. The Kier molecular flexibility index (Phi) is 4.57. The third-order valence-electron chi connectivity index (χ3n) is 4.73. The van der Waals surface area contributed by atoms with Crippen LogP contribution in [0.5, 0.6) is 0 Å². The van der Waals surface area contributed by atoms with Gasteiger partial charge in [-0.1, -0.05) is 42.5 Å². The van der Waals surface area contributed by atoms with E-state index in [-0.39, 0.29) is 0 Å². The molecule has 1 saturated heterocycles. The molecule has 2 aromatic carbocycles. The van der Waals surface area contributed by atoms with Crippen LogP contribution < -0.4 is 5.32 Å². The molecule has 2 nitrogen and oxygen atoms in total. The van der Waals surface area contributed by atoms with Crippen LogP contribution in [0.15, 0.2) is 42.5 Å². The Morgan fingerprint density at radius 2 is 1.86 bits per heavy atom. The minimum absolute atomic E-state index is 0.407. The van der Waals surface area contributed by atoms with Crippen LogP contribution in [0.3, 0.4) is 0 Å². The smallest absolute Gasteiger partial charge is 0.0300 e. The van der Waals surface area contributed by atoms with E-state index in [1.54, 1.807) is 0 Å². The van der Waals surface area contributed by atoms with E-state index in [2.05, 4.69) is 66.7 Å². The van der Waals surface area contributed by atoms with Gasteiger partial charge in [0.25, 0.3) is 0 Å². The maximum atomic E-state index is 3.86. The summed E-state index contributed by atoms with van der Waals surface area (Å²) in [6, 6.07) is 16.4. The van der Waals surface area contributed by atoms with Crippen LogP contribution in [0, 0.1) is 0 Å². The Balaban J connectivity index is 1.76. The predicted molar refractivity (Wildman–Crippen MR) is 90.6 cm³/mol. The normalized spacial score (nSPS) is 22.1. The van der Waals surface area contributed by atoms with Gasteiger partial charge in [-0.2, -0.15) is 0 Å². The van der Waals surface area contributed by atoms with Crippen LogP contribution in [-0.2, 0) is 0 Å². The van der Waals surface area contributed by atoms with E-state index in [0.29, 0.717) is 12.1 Å². The Morgan fingerprint density at radius 1 is 1.05 bits per heavy atom. The van der Waals surface area contributed by atoms with E-state index < -0.39 is 0 Å². The fourth-order valence-corrected chi connectivity index (χ4v) is 3.48. The van der Waals surface area contributed by atoms with Gasteiger partial charge in [-0.15, -0.1) is 0 Å². The molecule has 2 atom stereocenters. The van der Waals surface area contributed by atoms with Gasteiger partial charge in [0.1, 0.15) is 0 Å². The maximum absolute atomic E-state index is 3.86. The highest BCUT2D eigenvalue weighted by Crippen LogP contribution is 2.25. The van der Waals surface area contributed by atoms with Crippen molar-refractivity contribution in [2.24, 2.45) is 0 Å². The highest BCUT2D eigenvalue weighted by molar-refractivity contribution is 5.86. The van der Waals surface area contributed by atoms with Gasteiger partial charge in [-0.05, 0) is 62.7 Å². The molecular formula is C19H26N2. The molecular weight excluding hydrogens is 256 g/mol. The lowest BCUT2D eigenvalue weighted by Gasteiger charge is -2.23. The number of likely N-dealkylation sites (tertiary alicyclic amines) is 1. The van der Waals surface area contributed by atoms with Crippen LogP contribution >= 0.6 is 0 Å². The van der Waals surface area contributed by atoms with E-state index >= 15 is 0 Å². The van der Waals surface area contributed by atoms with Gasteiger partial charge in [0, 0.05) is 12.1 Å². The van der Waals surface area contributed by atoms with Crippen molar-refractivity contribution < 1.29 is 0 Å². The molecule has 0 saturated carbocycles. The van der Waals surface area contributed by atoms with Gasteiger partial charge in [0.15, 0.2) is 0 Å². The molecule has 0 spiro atoms. The molecule has 2 unspecified atom stereocenters. The van der Waals surface area contributed by atoms with Crippen molar-refractivity contribution in [2.75, 3.05) is 20.1 Å². The summed E-state index contributed by atoms with van der Waals surface area (Å²) in [5.41, 5.74) is 1.42. The maximum Gasteiger partial charge on any atom is 0.0300 e. The first-order valence-corrected chi connectivity index (χ1v) is 8.16. The van der Waals surface area contributed by atoms with Crippen molar-refractivity contribution in [3.05, 3.63) is 48.0 Å². The molecule has 2 heteroatoms. The molecule has 0 amide bonds. The zero-order chi connectivity index (χ0) is 14.7. The molecule has 0 aliphatic carbocycles. The van der Waals surface area contributed by atoms with Crippen LogP contribution in [0.4, 0.5) is 0 Å². The van der Waals surface area contributed by atoms with Crippen molar-refractivity contribution in [1.82, 2.24) is 10.2 Å². The van der Waals surface area contributed by atoms with Gasteiger partial charge in [0.05, 0.1) is 0 Å². The molecule has 0 aromatic heterocycles. The Hall–Kier alpha value is -1.38. The molecule has 21 heavy (non-hydrogen) atoms. The van der Waals surface area contributed by atoms with Gasteiger partial charge in [-0.3, -0.25) is 0 Å². The first-order valence-electron chi connectivity index (χ1n) is 8.16. The molecule has 0 radical (unpaired) electrons. The number of hydrogen-bond donors (Lipinski definition) is 1. The number of hydrogen-bond acceptors (Lipinski definition) is 2. The predicted octanol–water partition coefficient (Wildman–Crippen LogP) is 3.97. The van der Waals surface area contributed by atoms with Crippen molar-refractivity contribution in [3.8, 4) is 0 Å². The van der Waals surface area contributed by atoms with Crippen molar-refractivity contribution in [2.45, 2.75) is 38.3 Å². The fraction of sp³-hybridized carbons (Fsp3) is 0.474. The number of nitrogens with one attached hydrogen (secondary N) is 1. The Labute approximate surface area is 128 Å². The van der Waals surface area contributed by atoms with Crippen molar-refractivity contribution >= 4 is 10.8 Å². The van der Waals surface area contributed by atoms with Gasteiger partial charge < -0.3 is 10.2 Å². The Bertz CT molecular complexity index is 588. The molecule has 2 aromatic rings. The first-order chi connectivity index (χ1) is 10.2. The average Bonchev–Trinajstić information content (AvgIpc) is 2.71. The zero-order valence-corrected chi connectivity index (χ0v) is 13.2. The summed E-state index contributed by atoms with van der Waals surface area (Å²) in [7, 11) is 2.23. The molecule has 3 rings (SSSR count). The van der Waals surface area contributed by atoms with E-state index in [1.165, 1.54) is 48.7 Å². The highest BCUT2D eigenvalue weighted by Gasteiger charge is 2.18. The second kappa shape index (κ2) is 6.59. The third kappa shape index (κ3) is 3.45. The number of rotatable bonds is 3. The number of nitrogens with zero attached hydrogens (tertiary/aromatic N) is 1. The molecule has 112 valence electrons. The van der Waals surface area contributed by atoms with Crippen LogP contribution in [0.1, 0.15) is 37.8 Å². The summed E-state index contributed by atoms with van der Waals surface area (Å²) in [4.78, 5) is 2.45. The number of fused-ring (bicyclic) bond motifs is 1. The summed E-state index contributed by atoms with van der Waals surface area (Å²) < 4.78 is 0. The monoisotopic (exact) mass is 282 g/mol. The molecule has 1 aliphatic heterocycles. The lowest BCUT2D eigenvalue weighted by Crippen LogP contribution is -2.32. The lowest BCUT2D eigenvalue weighted by molar-refractivity contribution is 0.340. The van der Waals surface area contributed by atoms with Crippen LogP contribution in [-0.4, -0.2) is 31.1 Å². The lowest BCUT2D eigenvalue weighted by atomic mass is 9.98. The summed E-state index contributed by atoms with van der Waals surface area (Å²) in [6.07, 6.45) is 3.85. The second-order valence-corrected chi connectivity index (χ2v) is 6.39. The quantitative estimate of drug-likeness (QED) is 0.916. The summed E-state index contributed by atoms with van der Waals surface area (Å²) in [5.74, 6) is 0. The highest BCUT2D eigenvalue weighted by atomic mass is 15.1. The minimum atomic E-state index is 0.407. The summed E-state index contributed by atoms with van der Waals surface area (Å²) in [5, 5.41) is 6.58. The molecule has 1 heterocycles. The zero-order valence-electron chi connectivity index (χ0n) is 13.2. The molecule has 1 N–H and O–H groups in total. The van der Waals surface area contributed by atoms with Crippen LogP contribution in [0.2, 0.25) is 0 Å². The van der Waals surface area contributed by atoms with E-state index in [1.807, 2.05) is 0 Å². The standard InChI is InChI=1S/C19H26N2/c1-15(20-17-9-6-13-21(2)14-12-17)18-11-5-8-16-7-3-4-10-19(16)18/h3-5,7-8,10-11,15,17,20H,6,9,12-14H2,1-2H3. The Morgan fingerprint density at radius 3 is 2.76 bits per heavy atom. The minimum Gasteiger partial charge on any atom is -0.307 e. The molecule has 0 bridgehead atoms. The SMILES string of the molecule is CC(NC1CCCN(C)CC1)c1cccc2ccccc12. The second-order valence-electron chi connectivity index (χ2n) is 6.39.